The van der Waals surface area contributed by atoms with Crippen molar-refractivity contribution in [1.82, 2.24) is 19.9 Å². The molecule has 6 rings (SSSR count). The Balaban J connectivity index is 1.24. The van der Waals surface area contributed by atoms with Gasteiger partial charge in [0.05, 0.1) is 29.4 Å². The molecule has 0 aliphatic carbocycles. The third kappa shape index (κ3) is 8.81. The number of rotatable bonds is 10. The van der Waals surface area contributed by atoms with Crippen LogP contribution in [-0.2, 0) is 32.7 Å². The number of aliphatic hydroxyl groups excluding tert-OH is 1. The molecule has 1 saturated heterocycles. The average molecular weight is 710 g/mol. The van der Waals surface area contributed by atoms with Gasteiger partial charge >= 0.3 is 6.09 Å². The maximum atomic E-state index is 13.4. The minimum atomic E-state index is -3.58. The van der Waals surface area contributed by atoms with Gasteiger partial charge in [0.1, 0.15) is 11.4 Å². The van der Waals surface area contributed by atoms with E-state index in [1.807, 2.05) is 70.2 Å². The minimum absolute atomic E-state index is 0.0492. The molecule has 2 N–H and O–H groups in total. The monoisotopic (exact) mass is 709 g/mol. The van der Waals surface area contributed by atoms with Crippen LogP contribution in [0.25, 0.3) is 22.0 Å². The zero-order chi connectivity index (χ0) is 36.2. The Labute approximate surface area is 298 Å². The van der Waals surface area contributed by atoms with Crippen molar-refractivity contribution in [2.75, 3.05) is 18.4 Å². The fourth-order valence-corrected chi connectivity index (χ4v) is 7.84. The van der Waals surface area contributed by atoms with Crippen molar-refractivity contribution in [2.24, 2.45) is 0 Å². The molecule has 1 amide bonds. The smallest absolute Gasteiger partial charge is 0.410 e. The van der Waals surface area contributed by atoms with Gasteiger partial charge in [-0.1, -0.05) is 54.6 Å². The van der Waals surface area contributed by atoms with Crippen molar-refractivity contribution in [3.8, 4) is 22.9 Å². The molecular weight excluding hydrogens is 667 g/mol. The first-order valence-electron chi connectivity index (χ1n) is 17.0. The molecule has 1 aliphatic rings. The number of aliphatic hydroxyl groups is 1. The summed E-state index contributed by atoms with van der Waals surface area (Å²) < 4.78 is 39.0. The summed E-state index contributed by atoms with van der Waals surface area (Å²) in [4.78, 5) is 28.2. The van der Waals surface area contributed by atoms with E-state index >= 15 is 0 Å². The van der Waals surface area contributed by atoms with Crippen molar-refractivity contribution in [1.29, 1.82) is 0 Å². The molecule has 11 nitrogen and oxygen atoms in total. The summed E-state index contributed by atoms with van der Waals surface area (Å²) in [6.45, 7) is 8.39. The Hall–Kier alpha value is -5.07. The highest BCUT2D eigenvalue weighted by atomic mass is 32.2. The van der Waals surface area contributed by atoms with E-state index in [0.717, 1.165) is 29.2 Å². The molecular formula is C39H43N5O6S. The largest absolute Gasteiger partial charge is 0.444 e. The molecule has 3 heterocycles. The molecule has 0 radical (unpaired) electrons. The molecule has 1 aliphatic heterocycles. The van der Waals surface area contributed by atoms with Gasteiger partial charge in [-0.3, -0.25) is 0 Å². The SMILES string of the molecule is Cc1ccc2c(CS(=O)(=O)Cc3ccccc3CO)cccc2c1Oc1ncccc1-c1ccnc(N[C@H]2CCCN(C(=O)OC(C)(C)C)C2)n1. The van der Waals surface area contributed by atoms with Crippen LogP contribution in [0.3, 0.4) is 0 Å². The van der Waals surface area contributed by atoms with Gasteiger partial charge in [-0.15, -0.1) is 0 Å². The summed E-state index contributed by atoms with van der Waals surface area (Å²) in [5, 5.41) is 14.6. The number of nitrogens with zero attached hydrogens (tertiary/aromatic N) is 4. The van der Waals surface area contributed by atoms with E-state index in [0.29, 0.717) is 58.6 Å². The van der Waals surface area contributed by atoms with Crippen LogP contribution in [0.1, 0.15) is 55.9 Å². The molecule has 0 unspecified atom stereocenters. The molecule has 3 aromatic carbocycles. The number of hydrogen-bond donors (Lipinski definition) is 2. The molecule has 5 aromatic rings. The van der Waals surface area contributed by atoms with Crippen LogP contribution in [0.2, 0.25) is 0 Å². The van der Waals surface area contributed by atoms with E-state index in [-0.39, 0.29) is 30.2 Å². The fraction of sp³-hybridized carbons (Fsp3) is 0.333. The number of nitrogens with one attached hydrogen (secondary N) is 1. The molecule has 1 fully saturated rings. The third-order valence-electron chi connectivity index (χ3n) is 8.65. The van der Waals surface area contributed by atoms with Crippen LogP contribution < -0.4 is 10.1 Å². The van der Waals surface area contributed by atoms with Gasteiger partial charge in [-0.25, -0.2) is 28.2 Å². The van der Waals surface area contributed by atoms with Crippen molar-refractivity contribution in [3.05, 3.63) is 107 Å². The van der Waals surface area contributed by atoms with E-state index in [2.05, 4.69) is 15.3 Å². The van der Waals surface area contributed by atoms with E-state index < -0.39 is 15.4 Å². The summed E-state index contributed by atoms with van der Waals surface area (Å²) >= 11 is 0. The lowest BCUT2D eigenvalue weighted by atomic mass is 10.0. The maximum absolute atomic E-state index is 13.4. The number of anilines is 1. The molecule has 0 bridgehead atoms. The number of carbonyl (C=O) groups excluding carboxylic acids is 1. The van der Waals surface area contributed by atoms with Crippen LogP contribution in [0.15, 0.2) is 85.2 Å². The number of amides is 1. The normalized spacial score (nSPS) is 15.1. The Bertz CT molecular complexity index is 2150. The minimum Gasteiger partial charge on any atom is -0.444 e. The first kappa shape index (κ1) is 35.7. The third-order valence-corrected chi connectivity index (χ3v) is 10.1. The lowest BCUT2D eigenvalue weighted by molar-refractivity contribution is 0.0206. The number of likely N-dealkylation sites (tertiary alicyclic amines) is 1. The number of pyridine rings is 1. The van der Waals surface area contributed by atoms with Crippen LogP contribution in [0.5, 0.6) is 11.6 Å². The van der Waals surface area contributed by atoms with Gasteiger partial charge < -0.3 is 24.8 Å². The molecule has 266 valence electrons. The molecule has 51 heavy (non-hydrogen) atoms. The number of benzene rings is 3. The van der Waals surface area contributed by atoms with Crippen molar-refractivity contribution in [2.45, 2.75) is 70.3 Å². The highest BCUT2D eigenvalue weighted by Crippen LogP contribution is 2.38. The zero-order valence-electron chi connectivity index (χ0n) is 29.3. The average Bonchev–Trinajstić information content (AvgIpc) is 3.09. The van der Waals surface area contributed by atoms with Crippen LogP contribution in [0, 0.1) is 6.92 Å². The fourth-order valence-electron chi connectivity index (χ4n) is 6.25. The van der Waals surface area contributed by atoms with Gasteiger partial charge in [0.25, 0.3) is 0 Å². The van der Waals surface area contributed by atoms with Crippen LogP contribution in [0.4, 0.5) is 10.7 Å². The maximum Gasteiger partial charge on any atom is 0.410 e. The number of carbonyl (C=O) groups is 1. The molecule has 12 heteroatoms. The first-order valence-corrected chi connectivity index (χ1v) is 18.8. The molecule has 1 atom stereocenters. The lowest BCUT2D eigenvalue weighted by Crippen LogP contribution is -2.47. The van der Waals surface area contributed by atoms with Crippen molar-refractivity contribution >= 4 is 32.7 Å². The Morgan fingerprint density at radius 2 is 1.69 bits per heavy atom. The molecule has 2 aromatic heterocycles. The van der Waals surface area contributed by atoms with E-state index in [4.69, 9.17) is 14.5 Å². The van der Waals surface area contributed by atoms with E-state index in [1.54, 1.807) is 47.6 Å². The number of piperidine rings is 1. The molecule has 0 saturated carbocycles. The van der Waals surface area contributed by atoms with Crippen molar-refractivity contribution < 1.29 is 27.8 Å². The number of hydrogen-bond acceptors (Lipinski definition) is 10. The first-order chi connectivity index (χ1) is 24.4. The predicted molar refractivity (Wildman–Crippen MR) is 197 cm³/mol. The second-order valence-electron chi connectivity index (χ2n) is 13.8. The Morgan fingerprint density at radius 1 is 0.922 bits per heavy atom. The Kier molecular flexibility index (Phi) is 10.5. The summed E-state index contributed by atoms with van der Waals surface area (Å²) in [5.41, 5.74) is 3.38. The van der Waals surface area contributed by atoms with Crippen LogP contribution >= 0.6 is 0 Å². The summed E-state index contributed by atoms with van der Waals surface area (Å²) in [6.07, 6.45) is 4.67. The lowest BCUT2D eigenvalue weighted by Gasteiger charge is -2.34. The molecule has 0 spiro atoms. The van der Waals surface area contributed by atoms with Crippen LogP contribution in [-0.4, -0.2) is 64.2 Å². The Morgan fingerprint density at radius 3 is 2.47 bits per heavy atom. The standard InChI is InChI=1S/C39H43N5O6S/c1-26-16-17-31-29(25-51(47,48)24-28-11-6-5-10-27(28)23-45)12-7-14-32(31)35(26)49-36-33(15-8-19-40-36)34-18-20-41-37(43-34)42-30-13-9-21-44(22-30)38(46)50-39(2,3)4/h5-8,10-12,14-20,30,45H,9,13,21-25H2,1-4H3,(H,41,42,43)/t30-/m0/s1. The summed E-state index contributed by atoms with van der Waals surface area (Å²) in [6, 6.07) is 21.8. The number of ether oxygens (including phenoxy) is 2. The summed E-state index contributed by atoms with van der Waals surface area (Å²) in [7, 11) is -3.58. The van der Waals surface area contributed by atoms with Gasteiger partial charge in [-0.2, -0.15) is 0 Å². The highest BCUT2D eigenvalue weighted by molar-refractivity contribution is 7.89. The predicted octanol–water partition coefficient (Wildman–Crippen LogP) is 7.21. The number of sulfone groups is 1. The van der Waals surface area contributed by atoms with E-state index in [9.17, 15) is 18.3 Å². The topological polar surface area (TPSA) is 144 Å². The second kappa shape index (κ2) is 15.0. The zero-order valence-corrected chi connectivity index (χ0v) is 30.1. The van der Waals surface area contributed by atoms with E-state index in [1.165, 1.54) is 0 Å². The van der Waals surface area contributed by atoms with Gasteiger partial charge in [-0.05, 0) is 86.4 Å². The number of aryl methyl sites for hydroxylation is 1. The number of aromatic nitrogens is 3. The van der Waals surface area contributed by atoms with Gasteiger partial charge in [0.15, 0.2) is 9.84 Å². The quantitative estimate of drug-likeness (QED) is 0.153. The highest BCUT2D eigenvalue weighted by Gasteiger charge is 2.28. The summed E-state index contributed by atoms with van der Waals surface area (Å²) in [5.74, 6) is 0.978. The van der Waals surface area contributed by atoms with Gasteiger partial charge in [0.2, 0.25) is 11.8 Å². The van der Waals surface area contributed by atoms with Gasteiger partial charge in [0, 0.05) is 36.9 Å². The second-order valence-corrected chi connectivity index (χ2v) is 15.9. The number of fused-ring (bicyclic) bond motifs is 1. The van der Waals surface area contributed by atoms with Crippen molar-refractivity contribution in [3.63, 3.8) is 0 Å².